The smallest absolute Gasteiger partial charge is 0.264 e. The lowest BCUT2D eigenvalue weighted by Crippen LogP contribution is -2.32. The van der Waals surface area contributed by atoms with E-state index < -0.39 is 10.0 Å². The number of para-hydroxylation sites is 1. The quantitative estimate of drug-likeness (QED) is 0.700. The minimum absolute atomic E-state index is 0.00878. The second-order valence-electron chi connectivity index (χ2n) is 5.30. The molecule has 1 amide bonds. The van der Waals surface area contributed by atoms with Crippen molar-refractivity contribution in [1.82, 2.24) is 5.32 Å². The third-order valence-electron chi connectivity index (χ3n) is 3.51. The maximum atomic E-state index is 13.1. The van der Waals surface area contributed by atoms with Gasteiger partial charge in [-0.3, -0.25) is 9.10 Å². The van der Waals surface area contributed by atoms with Crippen LogP contribution in [0.4, 0.5) is 5.69 Å². The largest absolute Gasteiger partial charge is 0.349 e. The molecule has 0 radical (unpaired) electrons. The Labute approximate surface area is 158 Å². The van der Waals surface area contributed by atoms with Crippen LogP contribution in [0, 0.1) is 0 Å². The van der Waals surface area contributed by atoms with Gasteiger partial charge < -0.3 is 5.32 Å². The molecule has 26 heavy (non-hydrogen) atoms. The van der Waals surface area contributed by atoms with Gasteiger partial charge in [0.05, 0.1) is 22.2 Å². The second kappa shape index (κ2) is 8.69. The summed E-state index contributed by atoms with van der Waals surface area (Å²) in [5, 5.41) is 2.92. The van der Waals surface area contributed by atoms with E-state index >= 15 is 0 Å². The molecule has 2 aromatic carbocycles. The monoisotopic (exact) mass is 390 g/mol. The first-order valence-corrected chi connectivity index (χ1v) is 9.61. The van der Waals surface area contributed by atoms with Crippen LogP contribution in [0.2, 0.25) is 5.02 Å². The predicted octanol–water partition coefficient (Wildman–Crippen LogP) is 3.64. The zero-order valence-corrected chi connectivity index (χ0v) is 15.6. The normalized spacial score (nSPS) is 10.8. The zero-order valence-electron chi connectivity index (χ0n) is 14.1. The van der Waals surface area contributed by atoms with Gasteiger partial charge in [0.25, 0.3) is 15.9 Å². The number of benzene rings is 2. The highest BCUT2D eigenvalue weighted by atomic mass is 35.5. The number of rotatable bonds is 8. The van der Waals surface area contributed by atoms with E-state index in [0.29, 0.717) is 10.7 Å². The van der Waals surface area contributed by atoms with Crippen molar-refractivity contribution in [3.8, 4) is 0 Å². The van der Waals surface area contributed by atoms with Crippen molar-refractivity contribution in [2.75, 3.05) is 17.4 Å². The molecule has 0 aliphatic heterocycles. The molecular formula is C19H19ClN2O3S. The van der Waals surface area contributed by atoms with E-state index in [1.54, 1.807) is 36.4 Å². The van der Waals surface area contributed by atoms with Gasteiger partial charge in [0, 0.05) is 12.1 Å². The van der Waals surface area contributed by atoms with Gasteiger partial charge in [-0.1, -0.05) is 42.0 Å². The third-order valence-corrected chi connectivity index (χ3v) is 5.60. The first-order valence-electron chi connectivity index (χ1n) is 7.79. The number of carbonyl (C=O) groups is 1. The van der Waals surface area contributed by atoms with Crippen molar-refractivity contribution in [2.24, 2.45) is 0 Å². The van der Waals surface area contributed by atoms with E-state index in [-0.39, 0.29) is 29.5 Å². The molecule has 0 fully saturated rings. The topological polar surface area (TPSA) is 66.5 Å². The Bertz CT molecular complexity index is 926. The zero-order chi connectivity index (χ0) is 19.2. The fraction of sp³-hybridized carbons (Fsp3) is 0.105. The minimum atomic E-state index is -3.94. The number of halogens is 1. The van der Waals surface area contributed by atoms with Gasteiger partial charge in [-0.15, -0.1) is 13.2 Å². The summed E-state index contributed by atoms with van der Waals surface area (Å²) >= 11 is 6.17. The van der Waals surface area contributed by atoms with E-state index in [0.717, 1.165) is 4.31 Å². The van der Waals surface area contributed by atoms with Crippen molar-refractivity contribution >= 4 is 33.2 Å². The van der Waals surface area contributed by atoms with Crippen LogP contribution in [0.1, 0.15) is 10.4 Å². The van der Waals surface area contributed by atoms with Crippen LogP contribution in [0.15, 0.2) is 78.7 Å². The van der Waals surface area contributed by atoms with Crippen LogP contribution in [0.3, 0.4) is 0 Å². The Morgan fingerprint density at radius 2 is 1.85 bits per heavy atom. The number of nitrogens with zero attached hydrogens (tertiary/aromatic N) is 1. The summed E-state index contributed by atoms with van der Waals surface area (Å²) in [6.45, 7) is 7.48. The molecule has 136 valence electrons. The molecule has 0 saturated carbocycles. The highest BCUT2D eigenvalue weighted by Gasteiger charge is 2.26. The van der Waals surface area contributed by atoms with E-state index in [1.807, 2.05) is 0 Å². The maximum absolute atomic E-state index is 13.1. The molecule has 0 bridgehead atoms. The highest BCUT2D eigenvalue weighted by molar-refractivity contribution is 7.92. The van der Waals surface area contributed by atoms with Gasteiger partial charge in [0.1, 0.15) is 0 Å². The van der Waals surface area contributed by atoms with Crippen molar-refractivity contribution in [3.63, 3.8) is 0 Å². The molecule has 0 aliphatic carbocycles. The fourth-order valence-electron chi connectivity index (χ4n) is 2.29. The molecular weight excluding hydrogens is 372 g/mol. The number of hydrogen-bond donors (Lipinski definition) is 1. The Balaban J connectivity index is 2.47. The number of hydrogen-bond acceptors (Lipinski definition) is 3. The average Bonchev–Trinajstić information content (AvgIpc) is 2.65. The molecule has 2 rings (SSSR count). The summed E-state index contributed by atoms with van der Waals surface area (Å²) in [6, 6.07) is 12.5. The van der Waals surface area contributed by atoms with Crippen molar-refractivity contribution in [1.29, 1.82) is 0 Å². The summed E-state index contributed by atoms with van der Waals surface area (Å²) < 4.78 is 27.4. The molecule has 0 unspecified atom stereocenters. The first kappa shape index (κ1) is 19.8. The van der Waals surface area contributed by atoms with Gasteiger partial charge in [0.2, 0.25) is 0 Å². The van der Waals surface area contributed by atoms with E-state index in [4.69, 9.17) is 11.6 Å². The van der Waals surface area contributed by atoms with E-state index in [2.05, 4.69) is 18.5 Å². The molecule has 7 heteroatoms. The van der Waals surface area contributed by atoms with Crippen molar-refractivity contribution in [3.05, 3.63) is 84.4 Å². The third kappa shape index (κ3) is 4.33. The minimum Gasteiger partial charge on any atom is -0.349 e. The number of sulfonamides is 1. The van der Waals surface area contributed by atoms with Crippen LogP contribution in [-0.4, -0.2) is 27.4 Å². The molecule has 2 aromatic rings. The summed E-state index contributed by atoms with van der Waals surface area (Å²) in [5.41, 5.74) is 0.584. The van der Waals surface area contributed by atoms with Crippen molar-refractivity contribution < 1.29 is 13.2 Å². The molecule has 0 aliphatic rings. The number of nitrogens with one attached hydrogen (secondary N) is 1. The number of carbonyl (C=O) groups excluding carboxylic acids is 1. The standard InChI is InChI=1S/C19H19ClN2O3S/c1-3-12-21-19(23)15-8-7-9-16(14-15)26(24,25)22(13-4-2)18-11-6-5-10-17(18)20/h3-11,14H,1-2,12-13H2,(H,21,23). The molecule has 0 saturated heterocycles. The summed E-state index contributed by atoms with van der Waals surface area (Å²) in [5.74, 6) is -0.380. The number of amides is 1. The average molecular weight is 391 g/mol. The SMILES string of the molecule is C=CCNC(=O)c1cccc(S(=O)(=O)N(CC=C)c2ccccc2Cl)c1. The Hall–Kier alpha value is -2.57. The van der Waals surface area contributed by atoms with Crippen LogP contribution in [0.25, 0.3) is 0 Å². The molecule has 0 heterocycles. The Morgan fingerprint density at radius 3 is 2.50 bits per heavy atom. The van der Waals surface area contributed by atoms with Gasteiger partial charge in [-0.25, -0.2) is 8.42 Å². The lowest BCUT2D eigenvalue weighted by molar-refractivity contribution is 0.0958. The first-order chi connectivity index (χ1) is 12.4. The van der Waals surface area contributed by atoms with Crippen LogP contribution in [0.5, 0.6) is 0 Å². The fourth-order valence-corrected chi connectivity index (χ4v) is 4.08. The number of anilines is 1. The lowest BCUT2D eigenvalue weighted by Gasteiger charge is -2.24. The van der Waals surface area contributed by atoms with Gasteiger partial charge in [-0.05, 0) is 30.3 Å². The Morgan fingerprint density at radius 1 is 1.12 bits per heavy atom. The molecule has 0 atom stereocenters. The maximum Gasteiger partial charge on any atom is 0.264 e. The van der Waals surface area contributed by atoms with Crippen molar-refractivity contribution in [2.45, 2.75) is 4.90 Å². The summed E-state index contributed by atoms with van der Waals surface area (Å²) in [4.78, 5) is 12.1. The molecule has 0 spiro atoms. The molecule has 0 aromatic heterocycles. The summed E-state index contributed by atoms with van der Waals surface area (Å²) in [6.07, 6.45) is 3.02. The van der Waals surface area contributed by atoms with Crippen LogP contribution in [-0.2, 0) is 10.0 Å². The van der Waals surface area contributed by atoms with E-state index in [9.17, 15) is 13.2 Å². The summed E-state index contributed by atoms with van der Waals surface area (Å²) in [7, 11) is -3.94. The predicted molar refractivity (Wildman–Crippen MR) is 105 cm³/mol. The van der Waals surface area contributed by atoms with Gasteiger partial charge in [0.15, 0.2) is 0 Å². The van der Waals surface area contributed by atoms with E-state index in [1.165, 1.54) is 24.3 Å². The lowest BCUT2D eigenvalue weighted by atomic mass is 10.2. The highest BCUT2D eigenvalue weighted by Crippen LogP contribution is 2.30. The molecule has 1 N–H and O–H groups in total. The van der Waals surface area contributed by atoms with Crippen LogP contribution < -0.4 is 9.62 Å². The molecule has 5 nitrogen and oxygen atoms in total. The second-order valence-corrected chi connectivity index (χ2v) is 7.57. The van der Waals surface area contributed by atoms with Gasteiger partial charge >= 0.3 is 0 Å². The van der Waals surface area contributed by atoms with Gasteiger partial charge in [-0.2, -0.15) is 0 Å². The Kier molecular flexibility index (Phi) is 6.60. The van der Waals surface area contributed by atoms with Crippen LogP contribution >= 0.6 is 11.6 Å².